The quantitative estimate of drug-likeness (QED) is 0.300. The van der Waals surface area contributed by atoms with E-state index >= 15 is 0 Å². The fourth-order valence-electron chi connectivity index (χ4n) is 5.55. The van der Waals surface area contributed by atoms with E-state index in [1.807, 2.05) is 6.07 Å². The second-order valence-electron chi connectivity index (χ2n) is 10.6. The normalized spacial score (nSPS) is 14.3. The maximum absolute atomic E-state index is 11.8. The van der Waals surface area contributed by atoms with Crippen LogP contribution in [0.25, 0.3) is 22.3 Å². The predicted molar refractivity (Wildman–Crippen MR) is 145 cm³/mol. The Bertz CT molecular complexity index is 1250. The van der Waals surface area contributed by atoms with Crippen molar-refractivity contribution in [2.45, 2.75) is 64.9 Å². The highest BCUT2D eigenvalue weighted by atomic mass is 16.3. The van der Waals surface area contributed by atoms with Gasteiger partial charge in [0.1, 0.15) is 6.23 Å². The highest BCUT2D eigenvalue weighted by Crippen LogP contribution is 2.43. The monoisotopic (exact) mass is 464 g/mol. The third-order valence-electron chi connectivity index (χ3n) is 7.19. The first-order valence-electron chi connectivity index (χ1n) is 12.8. The highest BCUT2D eigenvalue weighted by Gasteiger charge is 2.33. The van der Waals surface area contributed by atoms with E-state index in [4.69, 9.17) is 0 Å². The molecule has 35 heavy (non-hydrogen) atoms. The zero-order valence-electron chi connectivity index (χ0n) is 21.1. The van der Waals surface area contributed by atoms with E-state index in [2.05, 4.69) is 115 Å². The van der Waals surface area contributed by atoms with Crippen LogP contribution >= 0.6 is 0 Å². The van der Waals surface area contributed by atoms with E-state index in [1.165, 1.54) is 39.2 Å². The number of aromatic nitrogens is 1. The van der Waals surface area contributed by atoms with Gasteiger partial charge in [-0.2, -0.15) is 0 Å². The van der Waals surface area contributed by atoms with Gasteiger partial charge in [-0.05, 0) is 50.3 Å². The molecule has 0 spiro atoms. The van der Waals surface area contributed by atoms with Crippen molar-refractivity contribution < 1.29 is 5.11 Å². The first-order chi connectivity index (χ1) is 16.9. The number of hydrogen-bond donors (Lipinski definition) is 1. The van der Waals surface area contributed by atoms with Gasteiger partial charge in [-0.15, -0.1) is 0 Å². The van der Waals surface area contributed by atoms with Gasteiger partial charge in [0.25, 0.3) is 0 Å². The molecular weight excluding hydrogens is 428 g/mol. The maximum atomic E-state index is 11.8. The minimum Gasteiger partial charge on any atom is -0.378 e. The second-order valence-corrected chi connectivity index (χ2v) is 10.6. The third-order valence-corrected chi connectivity index (χ3v) is 7.19. The van der Waals surface area contributed by atoms with Crippen LogP contribution in [0.4, 0.5) is 0 Å². The largest absolute Gasteiger partial charge is 0.378 e. The van der Waals surface area contributed by atoms with Gasteiger partial charge in [-0.25, -0.2) is 0 Å². The van der Waals surface area contributed by atoms with Crippen LogP contribution < -0.4 is 0 Å². The summed E-state index contributed by atoms with van der Waals surface area (Å²) in [5.74, 6) is 0. The summed E-state index contributed by atoms with van der Waals surface area (Å²) in [6, 6.07) is 32.0. The molecule has 0 saturated heterocycles. The van der Waals surface area contributed by atoms with Gasteiger partial charge in [-0.3, -0.25) is 4.90 Å². The van der Waals surface area contributed by atoms with Gasteiger partial charge in [0.05, 0.1) is 0 Å². The molecule has 0 radical (unpaired) electrons. The van der Waals surface area contributed by atoms with Crippen molar-refractivity contribution in [1.82, 2.24) is 9.47 Å². The lowest BCUT2D eigenvalue weighted by Crippen LogP contribution is -2.48. The summed E-state index contributed by atoms with van der Waals surface area (Å²) >= 11 is 0. The molecule has 4 aromatic rings. The number of fused-ring (bicyclic) bond motifs is 1. The minimum absolute atomic E-state index is 0.176. The molecule has 0 bridgehead atoms. The smallest absolute Gasteiger partial charge is 0.113 e. The molecule has 5 rings (SSSR count). The fourth-order valence-corrected chi connectivity index (χ4v) is 5.55. The Morgan fingerprint density at radius 3 is 1.91 bits per heavy atom. The molecular formula is C32H36N2O. The molecule has 1 N–H and O–H groups in total. The van der Waals surface area contributed by atoms with Crippen molar-refractivity contribution in [3.05, 3.63) is 108 Å². The number of hydrogen-bond acceptors (Lipinski definition) is 2. The van der Waals surface area contributed by atoms with Gasteiger partial charge >= 0.3 is 0 Å². The van der Waals surface area contributed by atoms with Crippen molar-refractivity contribution in [2.24, 2.45) is 0 Å². The Morgan fingerprint density at radius 2 is 1.34 bits per heavy atom. The van der Waals surface area contributed by atoms with Gasteiger partial charge < -0.3 is 9.67 Å². The van der Waals surface area contributed by atoms with Crippen LogP contribution in [0.5, 0.6) is 0 Å². The Balaban J connectivity index is 1.60. The molecule has 2 heterocycles. The zero-order chi connectivity index (χ0) is 24.4. The van der Waals surface area contributed by atoms with Gasteiger partial charge in [0.2, 0.25) is 0 Å². The van der Waals surface area contributed by atoms with E-state index < -0.39 is 6.23 Å². The first kappa shape index (κ1) is 23.6. The number of aliphatic hydroxyl groups excluding tert-OH is 1. The predicted octanol–water partition coefficient (Wildman–Crippen LogP) is 6.93. The van der Waals surface area contributed by atoms with E-state index in [0.29, 0.717) is 13.0 Å². The van der Waals surface area contributed by atoms with E-state index in [1.54, 1.807) is 0 Å². The lowest BCUT2D eigenvalue weighted by Gasteiger charge is -2.39. The summed E-state index contributed by atoms with van der Waals surface area (Å²) in [5.41, 5.74) is 8.79. The van der Waals surface area contributed by atoms with Crippen molar-refractivity contribution in [2.75, 3.05) is 0 Å². The molecule has 0 saturated carbocycles. The van der Waals surface area contributed by atoms with Crippen molar-refractivity contribution in [1.29, 1.82) is 0 Å². The molecule has 1 unspecified atom stereocenters. The Labute approximate surface area is 209 Å². The molecule has 3 nitrogen and oxygen atoms in total. The van der Waals surface area contributed by atoms with Crippen LogP contribution in [-0.4, -0.2) is 26.3 Å². The molecule has 0 aliphatic carbocycles. The lowest BCUT2D eigenvalue weighted by atomic mass is 9.92. The summed E-state index contributed by atoms with van der Waals surface area (Å²) in [6.45, 7) is 8.29. The average molecular weight is 465 g/mol. The SMILES string of the molecule is CC(C)(C)N(Cc1ccccc1)C(O)Cc1c(-c2ccccc2)c(-c2ccccc2)c2n1CCC2. The number of aliphatic hydroxyl groups is 1. The van der Waals surface area contributed by atoms with Gasteiger partial charge in [-0.1, -0.05) is 91.0 Å². The molecule has 180 valence electrons. The van der Waals surface area contributed by atoms with Crippen LogP contribution in [0.2, 0.25) is 0 Å². The molecule has 1 aromatic heterocycles. The molecule has 1 aliphatic rings. The van der Waals surface area contributed by atoms with E-state index in [0.717, 1.165) is 19.4 Å². The zero-order valence-corrected chi connectivity index (χ0v) is 21.1. The Kier molecular flexibility index (Phi) is 6.64. The highest BCUT2D eigenvalue weighted by molar-refractivity contribution is 5.88. The minimum atomic E-state index is -0.596. The molecule has 3 aromatic carbocycles. The third kappa shape index (κ3) is 4.84. The van der Waals surface area contributed by atoms with Crippen LogP contribution in [0.1, 0.15) is 44.1 Å². The summed E-state index contributed by atoms with van der Waals surface area (Å²) in [5, 5.41) is 11.8. The second kappa shape index (κ2) is 9.85. The van der Waals surface area contributed by atoms with Gasteiger partial charge in [0.15, 0.2) is 0 Å². The molecule has 1 aliphatic heterocycles. The van der Waals surface area contributed by atoms with Crippen LogP contribution in [0, 0.1) is 0 Å². The van der Waals surface area contributed by atoms with Crippen LogP contribution in [-0.2, 0) is 25.9 Å². The summed E-state index contributed by atoms with van der Waals surface area (Å²) in [6.07, 6.45) is 2.22. The lowest BCUT2D eigenvalue weighted by molar-refractivity contribution is -0.0571. The first-order valence-corrected chi connectivity index (χ1v) is 12.8. The van der Waals surface area contributed by atoms with E-state index in [-0.39, 0.29) is 5.54 Å². The molecule has 0 amide bonds. The Hall–Kier alpha value is -3.14. The average Bonchev–Trinajstić information content (AvgIpc) is 3.45. The maximum Gasteiger partial charge on any atom is 0.113 e. The van der Waals surface area contributed by atoms with Crippen LogP contribution in [0.15, 0.2) is 91.0 Å². The standard InChI is InChI=1S/C32H36N2O/c1-32(2,3)34(23-24-14-7-4-8-15-24)29(35)22-28-31(26-18-11-6-12-19-26)30(25-16-9-5-10-17-25)27-20-13-21-33(27)28/h4-12,14-19,29,35H,13,20-23H2,1-3H3. The van der Waals surface area contributed by atoms with Crippen molar-refractivity contribution in [3.8, 4) is 22.3 Å². The van der Waals surface area contributed by atoms with Crippen LogP contribution in [0.3, 0.4) is 0 Å². The van der Waals surface area contributed by atoms with Crippen molar-refractivity contribution >= 4 is 0 Å². The molecule has 1 atom stereocenters. The molecule has 3 heteroatoms. The summed E-state index contributed by atoms with van der Waals surface area (Å²) in [7, 11) is 0. The number of benzene rings is 3. The number of nitrogens with zero attached hydrogens (tertiary/aromatic N) is 2. The van der Waals surface area contributed by atoms with E-state index in [9.17, 15) is 5.11 Å². The van der Waals surface area contributed by atoms with Gasteiger partial charge in [0, 0.05) is 47.6 Å². The number of rotatable bonds is 7. The topological polar surface area (TPSA) is 28.4 Å². The van der Waals surface area contributed by atoms with Crippen molar-refractivity contribution in [3.63, 3.8) is 0 Å². The fraction of sp³-hybridized carbons (Fsp3) is 0.312. The summed E-state index contributed by atoms with van der Waals surface area (Å²) in [4.78, 5) is 2.23. The molecule has 0 fully saturated rings. The Morgan fingerprint density at radius 1 is 0.800 bits per heavy atom. The summed E-state index contributed by atoms with van der Waals surface area (Å²) < 4.78 is 2.50.